The van der Waals surface area contributed by atoms with Crippen LogP contribution in [0.3, 0.4) is 0 Å². The summed E-state index contributed by atoms with van der Waals surface area (Å²) in [5.41, 5.74) is 0. The lowest BCUT2D eigenvalue weighted by atomic mass is 10.1. The summed E-state index contributed by atoms with van der Waals surface area (Å²) >= 11 is 0. The number of ether oxygens (including phenoxy) is 8. The molecule has 0 radical (unpaired) electrons. The fourth-order valence-corrected chi connectivity index (χ4v) is 4.20. The van der Waals surface area contributed by atoms with Crippen LogP contribution in [0.25, 0.3) is 0 Å². The molecule has 1 N–H and O–H groups in total. The van der Waals surface area contributed by atoms with E-state index in [1.165, 1.54) is 57.8 Å². The van der Waals surface area contributed by atoms with Gasteiger partial charge < -0.3 is 43.0 Å². The Kier molecular flexibility index (Phi) is 31.4. The zero-order chi connectivity index (χ0) is 32.0. The molecule has 0 aliphatic heterocycles. The molecule has 0 aliphatic rings. The second-order valence-corrected chi connectivity index (χ2v) is 12.0. The summed E-state index contributed by atoms with van der Waals surface area (Å²) < 4.78 is 46.1. The lowest BCUT2D eigenvalue weighted by Crippen LogP contribution is -2.30. The monoisotopic (exact) mass is 623 g/mol. The average molecular weight is 623 g/mol. The lowest BCUT2D eigenvalue weighted by Gasteiger charge is -2.22. The zero-order valence-corrected chi connectivity index (χ0v) is 29.0. The van der Waals surface area contributed by atoms with Gasteiger partial charge in [0.25, 0.3) is 0 Å². The van der Waals surface area contributed by atoms with Crippen LogP contribution < -0.4 is 0 Å². The first-order valence-corrected chi connectivity index (χ1v) is 17.2. The molecule has 0 bridgehead atoms. The van der Waals surface area contributed by atoms with Crippen LogP contribution in [0.15, 0.2) is 0 Å². The van der Waals surface area contributed by atoms with E-state index in [-0.39, 0.29) is 43.2 Å². The molecule has 0 rings (SSSR count). The van der Waals surface area contributed by atoms with Crippen LogP contribution in [-0.4, -0.2) is 114 Å². The number of rotatable bonds is 34. The smallest absolute Gasteiger partial charge is 0.0781 e. The minimum absolute atomic E-state index is 0.0124. The molecular weight excluding hydrogens is 552 g/mol. The van der Waals surface area contributed by atoms with Gasteiger partial charge in [0.1, 0.15) is 0 Å². The number of hydrogen-bond donors (Lipinski definition) is 1. The van der Waals surface area contributed by atoms with Crippen molar-refractivity contribution in [2.75, 3.05) is 72.7 Å². The van der Waals surface area contributed by atoms with E-state index in [0.717, 1.165) is 13.0 Å². The predicted molar refractivity (Wildman–Crippen MR) is 173 cm³/mol. The molecular formula is C34H70O9. The molecule has 6 atom stereocenters. The first-order valence-electron chi connectivity index (χ1n) is 17.2. The molecule has 6 unspecified atom stereocenters. The highest BCUT2D eigenvalue weighted by molar-refractivity contribution is 4.59. The van der Waals surface area contributed by atoms with Crippen LogP contribution in [0.4, 0.5) is 0 Å². The van der Waals surface area contributed by atoms with Crippen molar-refractivity contribution < 1.29 is 43.0 Å². The van der Waals surface area contributed by atoms with E-state index in [0.29, 0.717) is 59.5 Å². The Morgan fingerprint density at radius 3 is 1.16 bits per heavy atom. The van der Waals surface area contributed by atoms with Crippen molar-refractivity contribution in [3.05, 3.63) is 0 Å². The van der Waals surface area contributed by atoms with Gasteiger partial charge in [0, 0.05) is 6.61 Å². The quantitative estimate of drug-likeness (QED) is 0.0823. The molecule has 260 valence electrons. The molecule has 0 fully saturated rings. The molecule has 0 aromatic heterocycles. The van der Waals surface area contributed by atoms with Crippen LogP contribution in [0.5, 0.6) is 0 Å². The molecule has 0 amide bonds. The Balaban J connectivity index is 3.66. The third kappa shape index (κ3) is 31.4. The number of aliphatic hydroxyl groups is 1. The van der Waals surface area contributed by atoms with Gasteiger partial charge in [0.2, 0.25) is 0 Å². The van der Waals surface area contributed by atoms with Crippen LogP contribution in [0, 0.1) is 0 Å². The number of hydrogen-bond acceptors (Lipinski definition) is 9. The van der Waals surface area contributed by atoms with Crippen molar-refractivity contribution in [2.45, 2.75) is 149 Å². The van der Waals surface area contributed by atoms with E-state index in [1.807, 2.05) is 34.6 Å². The van der Waals surface area contributed by atoms with Gasteiger partial charge >= 0.3 is 0 Å². The normalized spacial score (nSPS) is 16.2. The van der Waals surface area contributed by atoms with Gasteiger partial charge in [-0.25, -0.2) is 0 Å². The number of unbranched alkanes of at least 4 members (excludes halogenated alkanes) is 9. The second kappa shape index (κ2) is 31.6. The fraction of sp³-hybridized carbons (Fsp3) is 1.00. The summed E-state index contributed by atoms with van der Waals surface area (Å²) in [6.07, 6.45) is 13.2. The summed E-state index contributed by atoms with van der Waals surface area (Å²) in [5, 5.41) is 8.69. The van der Waals surface area contributed by atoms with E-state index in [2.05, 4.69) is 13.8 Å². The molecule has 0 aromatic rings. The fourth-order valence-electron chi connectivity index (χ4n) is 4.20. The maximum Gasteiger partial charge on any atom is 0.0781 e. The van der Waals surface area contributed by atoms with E-state index in [4.69, 9.17) is 43.0 Å². The van der Waals surface area contributed by atoms with Crippen molar-refractivity contribution in [3.63, 3.8) is 0 Å². The lowest BCUT2D eigenvalue weighted by molar-refractivity contribution is -0.105. The molecule has 9 nitrogen and oxygen atoms in total. The van der Waals surface area contributed by atoms with Crippen molar-refractivity contribution in [2.24, 2.45) is 0 Å². The van der Waals surface area contributed by atoms with Gasteiger partial charge in [0.05, 0.1) is 103 Å². The third-order valence-electron chi connectivity index (χ3n) is 6.94. The highest BCUT2D eigenvalue weighted by Crippen LogP contribution is 2.11. The van der Waals surface area contributed by atoms with Gasteiger partial charge in [-0.1, -0.05) is 64.7 Å². The summed E-state index contributed by atoms with van der Waals surface area (Å²) in [5.74, 6) is 0. The number of aliphatic hydroxyl groups excluding tert-OH is 1. The van der Waals surface area contributed by atoms with Crippen molar-refractivity contribution in [3.8, 4) is 0 Å². The first-order chi connectivity index (χ1) is 20.8. The molecule has 0 aliphatic carbocycles. The van der Waals surface area contributed by atoms with E-state index in [1.54, 1.807) is 0 Å². The van der Waals surface area contributed by atoms with Crippen molar-refractivity contribution >= 4 is 0 Å². The Hall–Kier alpha value is -0.360. The van der Waals surface area contributed by atoms with Crippen molar-refractivity contribution in [1.29, 1.82) is 0 Å². The highest BCUT2D eigenvalue weighted by Gasteiger charge is 2.13. The summed E-state index contributed by atoms with van der Waals surface area (Å²) in [6.45, 7) is 19.5. The third-order valence-corrected chi connectivity index (χ3v) is 6.94. The highest BCUT2D eigenvalue weighted by atomic mass is 16.6. The Morgan fingerprint density at radius 1 is 0.372 bits per heavy atom. The summed E-state index contributed by atoms with van der Waals surface area (Å²) in [6, 6.07) is 0. The summed E-state index contributed by atoms with van der Waals surface area (Å²) in [4.78, 5) is 0. The molecule has 0 heterocycles. The van der Waals surface area contributed by atoms with Crippen LogP contribution >= 0.6 is 0 Å². The van der Waals surface area contributed by atoms with Gasteiger partial charge in [0.15, 0.2) is 0 Å². The maximum absolute atomic E-state index is 8.69. The molecule has 9 heteroatoms. The topological polar surface area (TPSA) is 94.1 Å². The Bertz CT molecular complexity index is 554. The van der Waals surface area contributed by atoms with E-state index < -0.39 is 0 Å². The SMILES string of the molecule is CCCCCCCCCCCCOCC(C)OCC(C)OCC(C)OCC(C)OCC(C)OCC(C)OCCOCCO. The van der Waals surface area contributed by atoms with Gasteiger partial charge in [-0.15, -0.1) is 0 Å². The van der Waals surface area contributed by atoms with Gasteiger partial charge in [-0.05, 0) is 48.0 Å². The van der Waals surface area contributed by atoms with Crippen LogP contribution in [-0.2, 0) is 37.9 Å². The van der Waals surface area contributed by atoms with E-state index >= 15 is 0 Å². The molecule has 0 spiro atoms. The first kappa shape index (κ1) is 42.6. The summed E-state index contributed by atoms with van der Waals surface area (Å²) in [7, 11) is 0. The second-order valence-electron chi connectivity index (χ2n) is 12.0. The Labute approximate surface area is 264 Å². The molecule has 43 heavy (non-hydrogen) atoms. The predicted octanol–water partition coefficient (Wildman–Crippen LogP) is 6.36. The zero-order valence-electron chi connectivity index (χ0n) is 29.0. The molecule has 0 saturated carbocycles. The molecule has 0 aromatic carbocycles. The largest absolute Gasteiger partial charge is 0.394 e. The van der Waals surface area contributed by atoms with Crippen LogP contribution in [0.1, 0.15) is 113 Å². The maximum atomic E-state index is 8.69. The Morgan fingerprint density at radius 2 is 0.744 bits per heavy atom. The average Bonchev–Trinajstić information content (AvgIpc) is 3.00. The molecule has 0 saturated heterocycles. The minimum Gasteiger partial charge on any atom is -0.394 e. The van der Waals surface area contributed by atoms with Gasteiger partial charge in [-0.2, -0.15) is 0 Å². The minimum atomic E-state index is -0.0484. The van der Waals surface area contributed by atoms with Gasteiger partial charge in [-0.3, -0.25) is 0 Å². The van der Waals surface area contributed by atoms with Crippen molar-refractivity contribution in [1.82, 2.24) is 0 Å². The van der Waals surface area contributed by atoms with Crippen LogP contribution in [0.2, 0.25) is 0 Å². The van der Waals surface area contributed by atoms with E-state index in [9.17, 15) is 0 Å². The standard InChI is InChI=1S/C34H70O9/c1-8-9-10-11-12-13-14-15-16-17-19-37-23-29(2)39-25-31(4)41-27-33(6)43-28-34(7)42-26-32(5)40-24-30(3)38-22-21-36-20-18-35/h29-35H,8-28H2,1-7H3.